The number of ether oxygens (including phenoxy) is 3. The van der Waals surface area contributed by atoms with Gasteiger partial charge in [-0.1, -0.05) is 19.0 Å². The van der Waals surface area contributed by atoms with Crippen LogP contribution in [0.25, 0.3) is 0 Å². The van der Waals surface area contributed by atoms with Gasteiger partial charge in [0.15, 0.2) is 0 Å². The largest absolute Gasteiger partial charge is 0.382 e. The zero-order chi connectivity index (χ0) is 20.6. The number of carbonyl (C=O) groups excluding carboxylic acids is 1. The highest BCUT2D eigenvalue weighted by Crippen LogP contribution is 2.32. The normalized spacial score (nSPS) is 16.3. The molecule has 1 aromatic rings. The molecule has 2 rings (SSSR count). The number of aromatic nitrogens is 1. The molecule has 28 heavy (non-hydrogen) atoms. The smallest absolute Gasteiger partial charge is 0.242 e. The van der Waals surface area contributed by atoms with Gasteiger partial charge >= 0.3 is 0 Å². The second-order valence-corrected chi connectivity index (χ2v) is 9.98. The number of rotatable bonds is 11. The van der Waals surface area contributed by atoms with Gasteiger partial charge in [-0.3, -0.25) is 10.1 Å². The Kier molecular flexibility index (Phi) is 8.80. The molecule has 0 spiro atoms. The maximum atomic E-state index is 12.7. The fourth-order valence-corrected chi connectivity index (χ4v) is 3.93. The van der Waals surface area contributed by atoms with Crippen molar-refractivity contribution in [1.29, 1.82) is 0 Å². The summed E-state index contributed by atoms with van der Waals surface area (Å²) in [6, 6.07) is 1.77. The standard InChI is InChI=1S/C20H34N2O5S/c1-19(2,14-26-11-10-24-5)16-12-17(27-22-16)21-18(23)20(3,4)28-13-15-6-8-25-9-7-15/h12,15H,6-11,13-14H2,1-5H3,(H,21,23). The number of nitrogens with zero attached hydrogens (tertiary/aromatic N) is 1. The minimum atomic E-state index is -0.552. The van der Waals surface area contributed by atoms with Crippen molar-refractivity contribution in [2.75, 3.05) is 51.2 Å². The van der Waals surface area contributed by atoms with E-state index in [9.17, 15) is 4.79 Å². The van der Waals surface area contributed by atoms with Crippen LogP contribution in [-0.4, -0.2) is 61.7 Å². The van der Waals surface area contributed by atoms with Gasteiger partial charge in [0.1, 0.15) is 0 Å². The SMILES string of the molecule is COCCOCC(C)(C)c1cc(NC(=O)C(C)(C)SCC2CCOCC2)on1. The Hall–Kier alpha value is -1.09. The van der Waals surface area contributed by atoms with E-state index in [1.165, 1.54) is 0 Å². The minimum Gasteiger partial charge on any atom is -0.382 e. The zero-order valence-electron chi connectivity index (χ0n) is 17.7. The first-order valence-corrected chi connectivity index (χ1v) is 10.8. The van der Waals surface area contributed by atoms with Crippen molar-refractivity contribution in [2.45, 2.75) is 50.7 Å². The van der Waals surface area contributed by atoms with Crippen molar-refractivity contribution in [3.63, 3.8) is 0 Å². The molecule has 1 aliphatic heterocycles. The first-order valence-electron chi connectivity index (χ1n) is 9.81. The average molecular weight is 415 g/mol. The van der Waals surface area contributed by atoms with E-state index in [-0.39, 0.29) is 11.3 Å². The van der Waals surface area contributed by atoms with E-state index < -0.39 is 4.75 Å². The van der Waals surface area contributed by atoms with Crippen LogP contribution in [-0.2, 0) is 24.4 Å². The summed E-state index contributed by atoms with van der Waals surface area (Å²) in [6.45, 7) is 11.1. The molecular weight excluding hydrogens is 380 g/mol. The summed E-state index contributed by atoms with van der Waals surface area (Å²) >= 11 is 1.68. The van der Waals surface area contributed by atoms with Crippen LogP contribution in [0.2, 0.25) is 0 Å². The highest BCUT2D eigenvalue weighted by molar-refractivity contribution is 8.01. The van der Waals surface area contributed by atoms with E-state index in [0.717, 1.165) is 37.5 Å². The number of hydrogen-bond donors (Lipinski definition) is 1. The predicted octanol–water partition coefficient (Wildman–Crippen LogP) is 3.49. The zero-order valence-corrected chi connectivity index (χ0v) is 18.5. The van der Waals surface area contributed by atoms with Crippen molar-refractivity contribution in [1.82, 2.24) is 5.16 Å². The van der Waals surface area contributed by atoms with Crippen LogP contribution in [0, 0.1) is 5.92 Å². The van der Waals surface area contributed by atoms with E-state index in [1.54, 1.807) is 24.9 Å². The number of amides is 1. The Morgan fingerprint density at radius 2 is 2.00 bits per heavy atom. The molecule has 1 amide bonds. The predicted molar refractivity (Wildman–Crippen MR) is 111 cm³/mol. The second kappa shape index (κ2) is 10.6. The number of thioether (sulfide) groups is 1. The summed E-state index contributed by atoms with van der Waals surface area (Å²) in [7, 11) is 1.64. The monoisotopic (exact) mass is 414 g/mol. The Morgan fingerprint density at radius 1 is 1.29 bits per heavy atom. The van der Waals surface area contributed by atoms with Crippen LogP contribution in [0.15, 0.2) is 10.6 Å². The van der Waals surface area contributed by atoms with Crippen molar-refractivity contribution in [3.05, 3.63) is 11.8 Å². The van der Waals surface area contributed by atoms with Gasteiger partial charge in [-0.25, -0.2) is 0 Å². The third-order valence-corrected chi connectivity index (χ3v) is 6.45. The number of anilines is 1. The molecule has 1 aliphatic rings. The lowest BCUT2D eigenvalue weighted by Crippen LogP contribution is -2.35. The molecule has 7 nitrogen and oxygen atoms in total. The molecule has 1 saturated heterocycles. The van der Waals surface area contributed by atoms with E-state index in [1.807, 2.05) is 27.7 Å². The molecule has 1 fully saturated rings. The van der Waals surface area contributed by atoms with Crippen LogP contribution in [0.4, 0.5) is 5.88 Å². The molecule has 0 atom stereocenters. The Labute approximate surface area is 172 Å². The average Bonchev–Trinajstić information content (AvgIpc) is 3.14. The van der Waals surface area contributed by atoms with Gasteiger partial charge in [-0.05, 0) is 38.4 Å². The summed E-state index contributed by atoms with van der Waals surface area (Å²) < 4.78 is 20.8. The van der Waals surface area contributed by atoms with Gasteiger partial charge < -0.3 is 18.7 Å². The van der Waals surface area contributed by atoms with Gasteiger partial charge in [0.25, 0.3) is 0 Å². The third-order valence-electron chi connectivity index (χ3n) is 4.90. The summed E-state index contributed by atoms with van der Waals surface area (Å²) in [5, 5.41) is 6.98. The number of nitrogens with one attached hydrogen (secondary N) is 1. The van der Waals surface area contributed by atoms with E-state index in [0.29, 0.717) is 31.6 Å². The quantitative estimate of drug-likeness (QED) is 0.555. The number of carbonyl (C=O) groups is 1. The molecule has 1 aromatic heterocycles. The molecule has 8 heteroatoms. The summed E-state index contributed by atoms with van der Waals surface area (Å²) in [6.07, 6.45) is 2.13. The number of methoxy groups -OCH3 is 1. The van der Waals surface area contributed by atoms with E-state index >= 15 is 0 Å². The lowest BCUT2D eigenvalue weighted by Gasteiger charge is -2.27. The minimum absolute atomic E-state index is 0.0820. The summed E-state index contributed by atoms with van der Waals surface area (Å²) in [4.78, 5) is 12.7. The van der Waals surface area contributed by atoms with Crippen LogP contribution in [0.1, 0.15) is 46.2 Å². The highest BCUT2D eigenvalue weighted by Gasteiger charge is 2.32. The highest BCUT2D eigenvalue weighted by atomic mass is 32.2. The van der Waals surface area contributed by atoms with Crippen LogP contribution in [0.5, 0.6) is 0 Å². The fraction of sp³-hybridized carbons (Fsp3) is 0.800. The molecule has 1 N–H and O–H groups in total. The van der Waals surface area contributed by atoms with Crippen molar-refractivity contribution >= 4 is 23.6 Å². The first kappa shape index (κ1) is 23.2. The molecule has 0 bridgehead atoms. The van der Waals surface area contributed by atoms with Crippen molar-refractivity contribution < 1.29 is 23.5 Å². The molecule has 0 saturated carbocycles. The molecule has 0 aromatic carbocycles. The second-order valence-electron chi connectivity index (χ2n) is 8.34. The summed E-state index contributed by atoms with van der Waals surface area (Å²) in [5.41, 5.74) is 0.418. The summed E-state index contributed by atoms with van der Waals surface area (Å²) in [5.74, 6) is 1.85. The Morgan fingerprint density at radius 3 is 2.68 bits per heavy atom. The van der Waals surface area contributed by atoms with Gasteiger partial charge in [-0.2, -0.15) is 0 Å². The van der Waals surface area contributed by atoms with Gasteiger partial charge in [0, 0.05) is 31.8 Å². The lowest BCUT2D eigenvalue weighted by atomic mass is 9.90. The number of hydrogen-bond acceptors (Lipinski definition) is 7. The Balaban J connectivity index is 1.85. The van der Waals surface area contributed by atoms with Gasteiger partial charge in [0.2, 0.25) is 11.8 Å². The van der Waals surface area contributed by atoms with Crippen molar-refractivity contribution in [2.24, 2.45) is 5.92 Å². The van der Waals surface area contributed by atoms with Crippen molar-refractivity contribution in [3.8, 4) is 0 Å². The fourth-order valence-electron chi connectivity index (χ4n) is 2.76. The molecule has 160 valence electrons. The van der Waals surface area contributed by atoms with Crippen LogP contribution < -0.4 is 5.32 Å². The van der Waals surface area contributed by atoms with Crippen LogP contribution >= 0.6 is 11.8 Å². The van der Waals surface area contributed by atoms with E-state index in [2.05, 4.69) is 10.5 Å². The molecular formula is C20H34N2O5S. The first-order chi connectivity index (χ1) is 13.2. The maximum Gasteiger partial charge on any atom is 0.242 e. The lowest BCUT2D eigenvalue weighted by molar-refractivity contribution is -0.117. The topological polar surface area (TPSA) is 82.8 Å². The van der Waals surface area contributed by atoms with E-state index in [4.69, 9.17) is 18.7 Å². The van der Waals surface area contributed by atoms with Gasteiger partial charge in [0.05, 0.1) is 30.3 Å². The van der Waals surface area contributed by atoms with Gasteiger partial charge in [-0.15, -0.1) is 11.8 Å². The Bertz CT molecular complexity index is 611. The molecule has 0 aliphatic carbocycles. The van der Waals surface area contributed by atoms with Crippen LogP contribution in [0.3, 0.4) is 0 Å². The molecule has 2 heterocycles. The maximum absolute atomic E-state index is 12.7. The molecule has 0 unspecified atom stereocenters. The third kappa shape index (κ3) is 7.06. The molecule has 0 radical (unpaired) electrons.